The lowest BCUT2D eigenvalue weighted by atomic mass is 10.1. The van der Waals surface area contributed by atoms with Crippen LogP contribution in [0.25, 0.3) is 11.0 Å². The maximum Gasteiger partial charge on any atom is 0.199 e. The van der Waals surface area contributed by atoms with E-state index in [1.54, 1.807) is 6.92 Å². The van der Waals surface area contributed by atoms with Crippen molar-refractivity contribution in [3.63, 3.8) is 0 Å². The van der Waals surface area contributed by atoms with E-state index in [0.717, 1.165) is 6.07 Å². The first-order valence-electron chi connectivity index (χ1n) is 4.03. The van der Waals surface area contributed by atoms with Crippen molar-refractivity contribution in [2.45, 2.75) is 6.92 Å². The minimum atomic E-state index is -0.288. The lowest BCUT2D eigenvalue weighted by Crippen LogP contribution is -2.04. The van der Waals surface area contributed by atoms with Crippen molar-refractivity contribution in [3.05, 3.63) is 34.2 Å². The van der Waals surface area contributed by atoms with Crippen LogP contribution in [0.2, 0.25) is 0 Å². The van der Waals surface area contributed by atoms with E-state index < -0.39 is 0 Å². The highest BCUT2D eigenvalue weighted by molar-refractivity contribution is 5.84. The molecule has 0 spiro atoms. The van der Waals surface area contributed by atoms with Gasteiger partial charge in [-0.15, -0.1) is 0 Å². The molecule has 0 amide bonds. The first-order chi connectivity index (χ1) is 6.59. The second-order valence-electron chi connectivity index (χ2n) is 3.09. The number of fused-ring (bicyclic) bond motifs is 1. The van der Waals surface area contributed by atoms with Gasteiger partial charge in [0.25, 0.3) is 0 Å². The number of aromatic hydroxyl groups is 2. The normalized spacial score (nSPS) is 10.6. The Hall–Kier alpha value is -1.97. The first-order valence-corrected chi connectivity index (χ1v) is 4.03. The molecule has 0 saturated carbocycles. The topological polar surface area (TPSA) is 70.7 Å². The van der Waals surface area contributed by atoms with Crippen LogP contribution in [-0.2, 0) is 0 Å². The molecule has 2 aromatic rings. The molecule has 0 aliphatic rings. The van der Waals surface area contributed by atoms with Crippen molar-refractivity contribution in [3.8, 4) is 11.5 Å². The Balaban J connectivity index is 3.03. The molecule has 4 nitrogen and oxygen atoms in total. The average molecular weight is 192 g/mol. The molecule has 1 heterocycles. The fourth-order valence-corrected chi connectivity index (χ4v) is 1.31. The van der Waals surface area contributed by atoms with Crippen LogP contribution in [0.4, 0.5) is 0 Å². The van der Waals surface area contributed by atoms with Crippen LogP contribution in [0.5, 0.6) is 11.5 Å². The predicted octanol–water partition coefficient (Wildman–Crippen LogP) is 1.51. The second kappa shape index (κ2) is 2.77. The lowest BCUT2D eigenvalue weighted by molar-refractivity contribution is 0.452. The molecule has 0 aliphatic heterocycles. The molecule has 0 bridgehead atoms. The van der Waals surface area contributed by atoms with Crippen molar-refractivity contribution >= 4 is 11.0 Å². The molecule has 14 heavy (non-hydrogen) atoms. The smallest absolute Gasteiger partial charge is 0.199 e. The van der Waals surface area contributed by atoms with Gasteiger partial charge in [0.1, 0.15) is 22.5 Å². The molecule has 2 N–H and O–H groups in total. The quantitative estimate of drug-likeness (QED) is 0.663. The van der Waals surface area contributed by atoms with Crippen molar-refractivity contribution in [2.24, 2.45) is 0 Å². The molecule has 0 radical (unpaired) electrons. The summed E-state index contributed by atoms with van der Waals surface area (Å²) >= 11 is 0. The van der Waals surface area contributed by atoms with E-state index in [-0.39, 0.29) is 27.9 Å². The van der Waals surface area contributed by atoms with Crippen LogP contribution in [0, 0.1) is 6.92 Å². The summed E-state index contributed by atoms with van der Waals surface area (Å²) in [5.74, 6) is -0.403. The minimum Gasteiger partial charge on any atom is -0.508 e. The molecule has 0 saturated heterocycles. The number of hydrogen-bond donors (Lipinski definition) is 2. The molecular formula is C10H8O4. The van der Waals surface area contributed by atoms with E-state index in [9.17, 15) is 9.90 Å². The molecule has 1 aromatic carbocycles. The van der Waals surface area contributed by atoms with Crippen molar-refractivity contribution in [1.29, 1.82) is 0 Å². The third kappa shape index (κ3) is 1.12. The summed E-state index contributed by atoms with van der Waals surface area (Å²) in [4.78, 5) is 11.6. The van der Waals surface area contributed by atoms with Gasteiger partial charge in [-0.25, -0.2) is 0 Å². The fourth-order valence-electron chi connectivity index (χ4n) is 1.31. The summed E-state index contributed by atoms with van der Waals surface area (Å²) < 4.78 is 5.06. The Morgan fingerprint density at radius 2 is 2.00 bits per heavy atom. The molecule has 72 valence electrons. The van der Waals surface area contributed by atoms with Crippen molar-refractivity contribution in [1.82, 2.24) is 0 Å². The van der Waals surface area contributed by atoms with E-state index in [1.165, 1.54) is 12.3 Å². The van der Waals surface area contributed by atoms with Crippen molar-refractivity contribution < 1.29 is 14.6 Å². The highest BCUT2D eigenvalue weighted by Crippen LogP contribution is 2.27. The minimum absolute atomic E-state index is 0.0998. The van der Waals surface area contributed by atoms with Gasteiger partial charge in [0.2, 0.25) is 0 Å². The highest BCUT2D eigenvalue weighted by atomic mass is 16.3. The SMILES string of the molecule is Cc1coc2cc(O)cc(O)c2c1=O. The summed E-state index contributed by atoms with van der Waals surface area (Å²) in [6.07, 6.45) is 1.30. The van der Waals surface area contributed by atoms with Gasteiger partial charge in [-0.3, -0.25) is 4.79 Å². The van der Waals surface area contributed by atoms with E-state index in [1.807, 2.05) is 0 Å². The third-order valence-corrected chi connectivity index (χ3v) is 2.01. The van der Waals surface area contributed by atoms with Gasteiger partial charge >= 0.3 is 0 Å². The maximum atomic E-state index is 11.6. The van der Waals surface area contributed by atoms with Gasteiger partial charge < -0.3 is 14.6 Å². The molecule has 0 unspecified atom stereocenters. The largest absolute Gasteiger partial charge is 0.508 e. The Labute approximate surface area is 79.0 Å². The van der Waals surface area contributed by atoms with Gasteiger partial charge in [0.15, 0.2) is 5.43 Å². The van der Waals surface area contributed by atoms with Crippen LogP contribution >= 0.6 is 0 Å². The van der Waals surface area contributed by atoms with Crippen molar-refractivity contribution in [2.75, 3.05) is 0 Å². The molecule has 0 fully saturated rings. The predicted molar refractivity (Wildman–Crippen MR) is 50.6 cm³/mol. The molecular weight excluding hydrogens is 184 g/mol. The molecule has 2 rings (SSSR count). The second-order valence-corrected chi connectivity index (χ2v) is 3.09. The van der Waals surface area contributed by atoms with Crippen LogP contribution in [-0.4, -0.2) is 10.2 Å². The van der Waals surface area contributed by atoms with Crippen LogP contribution in [0.1, 0.15) is 5.56 Å². The van der Waals surface area contributed by atoms with Crippen LogP contribution in [0.15, 0.2) is 27.6 Å². The zero-order chi connectivity index (χ0) is 10.3. The third-order valence-electron chi connectivity index (χ3n) is 2.01. The Morgan fingerprint density at radius 3 is 2.71 bits per heavy atom. The zero-order valence-electron chi connectivity index (χ0n) is 7.44. The van der Waals surface area contributed by atoms with Crippen LogP contribution in [0.3, 0.4) is 0 Å². The van der Waals surface area contributed by atoms with Gasteiger partial charge in [-0.2, -0.15) is 0 Å². The van der Waals surface area contributed by atoms with Gasteiger partial charge in [-0.05, 0) is 6.92 Å². The van der Waals surface area contributed by atoms with Gasteiger partial charge in [0, 0.05) is 17.7 Å². The van der Waals surface area contributed by atoms with E-state index in [2.05, 4.69) is 0 Å². The van der Waals surface area contributed by atoms with E-state index in [4.69, 9.17) is 9.52 Å². The number of hydrogen-bond acceptors (Lipinski definition) is 4. The molecule has 0 atom stereocenters. The van der Waals surface area contributed by atoms with Crippen LogP contribution < -0.4 is 5.43 Å². The summed E-state index contributed by atoms with van der Waals surface area (Å²) in [5.41, 5.74) is 0.306. The summed E-state index contributed by atoms with van der Waals surface area (Å²) in [7, 11) is 0. The first kappa shape index (κ1) is 8.62. The monoisotopic (exact) mass is 192 g/mol. The Morgan fingerprint density at radius 1 is 1.29 bits per heavy atom. The Bertz CT molecular complexity index is 554. The van der Waals surface area contributed by atoms with Gasteiger partial charge in [-0.1, -0.05) is 0 Å². The standard InChI is InChI=1S/C10H8O4/c1-5-4-14-8-3-6(11)2-7(12)9(8)10(5)13/h2-4,11-12H,1H3. The fraction of sp³-hybridized carbons (Fsp3) is 0.100. The zero-order valence-corrected chi connectivity index (χ0v) is 7.44. The maximum absolute atomic E-state index is 11.6. The summed E-state index contributed by atoms with van der Waals surface area (Å²) in [6, 6.07) is 2.40. The number of benzene rings is 1. The molecule has 0 aliphatic carbocycles. The highest BCUT2D eigenvalue weighted by Gasteiger charge is 2.09. The number of aryl methyl sites for hydroxylation is 1. The van der Waals surface area contributed by atoms with Gasteiger partial charge in [0.05, 0.1) is 6.26 Å². The summed E-state index contributed by atoms with van der Waals surface area (Å²) in [6.45, 7) is 1.59. The number of phenols is 2. The number of rotatable bonds is 0. The Kier molecular flexibility index (Phi) is 1.70. The van der Waals surface area contributed by atoms with E-state index >= 15 is 0 Å². The van der Waals surface area contributed by atoms with E-state index in [0.29, 0.717) is 5.56 Å². The number of phenolic OH excluding ortho intramolecular Hbond substituents is 2. The summed E-state index contributed by atoms with van der Waals surface area (Å²) in [5, 5.41) is 18.7. The molecule has 1 aromatic heterocycles. The molecule has 4 heteroatoms. The lowest BCUT2D eigenvalue weighted by Gasteiger charge is -2.01. The average Bonchev–Trinajstić information content (AvgIpc) is 2.10.